The van der Waals surface area contributed by atoms with Crippen LogP contribution >= 0.6 is 0 Å². The van der Waals surface area contributed by atoms with Crippen LogP contribution in [-0.2, 0) is 11.0 Å². The van der Waals surface area contributed by atoms with E-state index in [4.69, 9.17) is 0 Å². The summed E-state index contributed by atoms with van der Waals surface area (Å²) in [5.74, 6) is 0.819. The van der Waals surface area contributed by atoms with Gasteiger partial charge in [-0.15, -0.1) is 0 Å². The van der Waals surface area contributed by atoms with E-state index >= 15 is 0 Å². The molecule has 106 valence electrons. The minimum absolute atomic E-state index is 0.134. The van der Waals surface area contributed by atoms with Crippen LogP contribution < -0.4 is 5.32 Å². The summed E-state index contributed by atoms with van der Waals surface area (Å²) in [6.07, 6.45) is 2.66. The van der Waals surface area contributed by atoms with Crippen LogP contribution in [0.25, 0.3) is 0 Å². The molecule has 0 saturated heterocycles. The topological polar surface area (TPSA) is 32.3 Å². The zero-order chi connectivity index (χ0) is 14.1. The Balaban J connectivity index is 2.12. The quantitative estimate of drug-likeness (QED) is 0.853. The van der Waals surface area contributed by atoms with E-state index in [0.29, 0.717) is 0 Å². The van der Waals surface area contributed by atoms with Gasteiger partial charge in [0, 0.05) is 0 Å². The third kappa shape index (κ3) is 3.58. The van der Waals surface area contributed by atoms with Gasteiger partial charge < -0.3 is 10.4 Å². The van der Waals surface area contributed by atoms with Gasteiger partial charge in [0.15, 0.2) is 0 Å². The third-order valence-corrected chi connectivity index (χ3v) is 4.18. The largest absolute Gasteiger partial charge is 0.394 e. The molecule has 1 atom stereocenters. The summed E-state index contributed by atoms with van der Waals surface area (Å²) in [4.78, 5) is 0. The highest BCUT2D eigenvalue weighted by Gasteiger charge is 2.29. The van der Waals surface area contributed by atoms with E-state index in [1.54, 1.807) is 0 Å². The molecule has 1 aliphatic carbocycles. The first kappa shape index (κ1) is 14.5. The van der Waals surface area contributed by atoms with Gasteiger partial charge in [-0.05, 0) is 48.8 Å². The first-order chi connectivity index (χ1) is 8.85. The molecule has 2 heteroatoms. The lowest BCUT2D eigenvalue weighted by Crippen LogP contribution is -2.43. The smallest absolute Gasteiger partial charge is 0.0652 e. The summed E-state index contributed by atoms with van der Waals surface area (Å²) in [5.41, 5.74) is 2.36. The standard InChI is InChI=1S/C17H27NO/c1-16(2,3)14-7-9-15(10-8-14)17(4,12-19)18-11-13-5-6-13/h7-10,13,18-19H,5-6,11-12H2,1-4H3. The molecule has 1 aromatic rings. The summed E-state index contributed by atoms with van der Waals surface area (Å²) < 4.78 is 0. The van der Waals surface area contributed by atoms with E-state index in [9.17, 15) is 5.11 Å². The van der Waals surface area contributed by atoms with Crippen molar-refractivity contribution in [1.29, 1.82) is 0 Å². The van der Waals surface area contributed by atoms with Crippen LogP contribution in [0.4, 0.5) is 0 Å². The van der Waals surface area contributed by atoms with Crippen molar-refractivity contribution >= 4 is 0 Å². The zero-order valence-electron chi connectivity index (χ0n) is 12.7. The molecule has 2 nitrogen and oxygen atoms in total. The van der Waals surface area contributed by atoms with Crippen LogP contribution in [0.3, 0.4) is 0 Å². The second-order valence-electron chi connectivity index (χ2n) is 7.14. The number of rotatable bonds is 5. The second-order valence-corrected chi connectivity index (χ2v) is 7.14. The molecule has 0 radical (unpaired) electrons. The SMILES string of the molecule is CC(C)(C)c1ccc(C(C)(CO)NCC2CC2)cc1. The Labute approximate surface area is 117 Å². The van der Waals surface area contributed by atoms with Gasteiger partial charge in [0.25, 0.3) is 0 Å². The fourth-order valence-electron chi connectivity index (χ4n) is 2.28. The third-order valence-electron chi connectivity index (χ3n) is 4.18. The van der Waals surface area contributed by atoms with Crippen LogP contribution in [0.15, 0.2) is 24.3 Å². The van der Waals surface area contributed by atoms with Crippen molar-refractivity contribution in [3.63, 3.8) is 0 Å². The van der Waals surface area contributed by atoms with Crippen molar-refractivity contribution < 1.29 is 5.11 Å². The van der Waals surface area contributed by atoms with Gasteiger partial charge in [-0.25, -0.2) is 0 Å². The van der Waals surface area contributed by atoms with Crippen molar-refractivity contribution in [3.05, 3.63) is 35.4 Å². The minimum Gasteiger partial charge on any atom is -0.394 e. The van der Waals surface area contributed by atoms with Gasteiger partial charge >= 0.3 is 0 Å². The van der Waals surface area contributed by atoms with Gasteiger partial charge in [-0.3, -0.25) is 0 Å². The molecule has 2 rings (SSSR count). The summed E-state index contributed by atoms with van der Waals surface area (Å²) in [6.45, 7) is 9.89. The Morgan fingerprint density at radius 2 is 1.58 bits per heavy atom. The summed E-state index contributed by atoms with van der Waals surface area (Å²) in [7, 11) is 0. The highest BCUT2D eigenvalue weighted by molar-refractivity contribution is 5.31. The van der Waals surface area contributed by atoms with E-state index in [2.05, 4.69) is 57.3 Å². The average Bonchev–Trinajstić information content (AvgIpc) is 3.19. The number of benzene rings is 1. The van der Waals surface area contributed by atoms with Crippen molar-refractivity contribution in [3.8, 4) is 0 Å². The zero-order valence-corrected chi connectivity index (χ0v) is 12.7. The predicted octanol–water partition coefficient (Wildman–Crippen LogP) is 3.19. The Kier molecular flexibility index (Phi) is 4.03. The molecule has 1 aliphatic rings. The van der Waals surface area contributed by atoms with Crippen LogP contribution in [-0.4, -0.2) is 18.3 Å². The number of hydrogen-bond acceptors (Lipinski definition) is 2. The predicted molar refractivity (Wildman–Crippen MR) is 80.3 cm³/mol. The molecule has 1 fully saturated rings. The Morgan fingerprint density at radius 1 is 1.05 bits per heavy atom. The summed E-state index contributed by atoms with van der Waals surface area (Å²) >= 11 is 0. The molecule has 0 bridgehead atoms. The first-order valence-corrected chi connectivity index (χ1v) is 7.32. The lowest BCUT2D eigenvalue weighted by atomic mass is 9.84. The maximum absolute atomic E-state index is 9.74. The van der Waals surface area contributed by atoms with Gasteiger partial charge in [-0.2, -0.15) is 0 Å². The molecule has 2 N–H and O–H groups in total. The highest BCUT2D eigenvalue weighted by atomic mass is 16.3. The molecule has 19 heavy (non-hydrogen) atoms. The van der Waals surface area contributed by atoms with Crippen molar-refractivity contribution in [2.75, 3.05) is 13.2 Å². The maximum Gasteiger partial charge on any atom is 0.0652 e. The van der Waals surface area contributed by atoms with E-state index in [1.165, 1.54) is 24.0 Å². The highest BCUT2D eigenvalue weighted by Crippen LogP contribution is 2.30. The molecule has 1 unspecified atom stereocenters. The molecule has 1 aromatic carbocycles. The second kappa shape index (κ2) is 5.26. The molecule has 0 amide bonds. The van der Waals surface area contributed by atoms with Crippen LogP contribution in [0.1, 0.15) is 51.7 Å². The molecule has 0 aliphatic heterocycles. The number of hydrogen-bond donors (Lipinski definition) is 2. The van der Waals surface area contributed by atoms with Gasteiger partial charge in [0.2, 0.25) is 0 Å². The molecule has 0 aromatic heterocycles. The molecule has 1 saturated carbocycles. The summed E-state index contributed by atoms with van der Waals surface area (Å²) in [5, 5.41) is 13.3. The fourth-order valence-corrected chi connectivity index (χ4v) is 2.28. The van der Waals surface area contributed by atoms with Gasteiger partial charge in [0.1, 0.15) is 0 Å². The average molecular weight is 261 g/mol. The Bertz CT molecular complexity index is 414. The van der Waals surface area contributed by atoms with E-state index in [0.717, 1.165) is 12.5 Å². The van der Waals surface area contributed by atoms with Gasteiger partial charge in [-0.1, -0.05) is 45.0 Å². The maximum atomic E-state index is 9.74. The molecule has 0 heterocycles. The van der Waals surface area contributed by atoms with E-state index in [-0.39, 0.29) is 17.6 Å². The fraction of sp³-hybridized carbons (Fsp3) is 0.647. The summed E-state index contributed by atoms with van der Waals surface area (Å²) in [6, 6.07) is 8.66. The van der Waals surface area contributed by atoms with Crippen molar-refractivity contribution in [2.24, 2.45) is 5.92 Å². The van der Waals surface area contributed by atoms with Crippen molar-refractivity contribution in [2.45, 2.75) is 51.5 Å². The Morgan fingerprint density at radius 3 is 2.00 bits per heavy atom. The number of aliphatic hydroxyl groups excluding tert-OH is 1. The number of aliphatic hydroxyl groups is 1. The number of nitrogens with one attached hydrogen (secondary N) is 1. The normalized spacial score (nSPS) is 19.2. The van der Waals surface area contributed by atoms with E-state index < -0.39 is 0 Å². The van der Waals surface area contributed by atoms with Crippen LogP contribution in [0, 0.1) is 5.92 Å². The lowest BCUT2D eigenvalue weighted by molar-refractivity contribution is 0.174. The first-order valence-electron chi connectivity index (χ1n) is 7.32. The lowest BCUT2D eigenvalue weighted by Gasteiger charge is -2.30. The molecular formula is C17H27NO. The van der Waals surface area contributed by atoms with Gasteiger partial charge in [0.05, 0.1) is 12.1 Å². The van der Waals surface area contributed by atoms with Crippen molar-refractivity contribution in [1.82, 2.24) is 5.32 Å². The minimum atomic E-state index is -0.320. The molecule has 0 spiro atoms. The van der Waals surface area contributed by atoms with E-state index in [1.807, 2.05) is 0 Å². The van der Waals surface area contributed by atoms with Crippen LogP contribution in [0.5, 0.6) is 0 Å². The molecular weight excluding hydrogens is 234 g/mol. The monoisotopic (exact) mass is 261 g/mol. The Hall–Kier alpha value is -0.860. The van der Waals surface area contributed by atoms with Crippen LogP contribution in [0.2, 0.25) is 0 Å².